The maximum absolute atomic E-state index is 13.0. The molecule has 1 amide bonds. The van der Waals surface area contributed by atoms with E-state index in [1.165, 1.54) is 4.31 Å². The van der Waals surface area contributed by atoms with Crippen molar-refractivity contribution in [2.45, 2.75) is 43.7 Å². The average Bonchev–Trinajstić information content (AvgIpc) is 3.09. The normalized spacial score (nSPS) is 30.3. The van der Waals surface area contributed by atoms with Crippen molar-refractivity contribution in [1.82, 2.24) is 14.4 Å². The van der Waals surface area contributed by atoms with Crippen LogP contribution in [0.1, 0.15) is 24.3 Å². The molecule has 2 aliphatic heterocycles. The summed E-state index contributed by atoms with van der Waals surface area (Å²) < 4.78 is 38.4. The first-order valence-corrected chi connectivity index (χ1v) is 10.1. The highest BCUT2D eigenvalue weighted by Crippen LogP contribution is 2.38. The zero-order valence-corrected chi connectivity index (χ0v) is 15.5. The minimum absolute atomic E-state index is 0.0370. The second-order valence-corrected chi connectivity index (χ2v) is 9.23. The molecule has 4 rings (SSSR count). The molecule has 1 aromatic rings. The molecule has 0 unspecified atom stereocenters. The summed E-state index contributed by atoms with van der Waals surface area (Å²) in [5.74, 6) is 0.678. The fraction of sp³-hybridized carbons (Fsp3) is 0.750. The van der Waals surface area contributed by atoms with Gasteiger partial charge in [0.05, 0.1) is 12.6 Å². The summed E-state index contributed by atoms with van der Waals surface area (Å²) >= 11 is 0. The Hall–Kier alpha value is -1.45. The molecule has 2 saturated heterocycles. The Balaban J connectivity index is 1.56. The van der Waals surface area contributed by atoms with Gasteiger partial charge in [0.25, 0.3) is 5.91 Å². The van der Waals surface area contributed by atoms with Crippen LogP contribution in [0, 0.1) is 25.7 Å². The minimum atomic E-state index is -3.70. The van der Waals surface area contributed by atoms with Crippen LogP contribution in [0.4, 0.5) is 0 Å². The molecule has 0 bridgehead atoms. The highest BCUT2D eigenvalue weighted by molar-refractivity contribution is 7.89. The number of carbonyl (C=O) groups excluding carboxylic acids is 1. The maximum Gasteiger partial charge on any atom is 0.252 e. The Labute approximate surface area is 147 Å². The molecule has 8 nitrogen and oxygen atoms in total. The van der Waals surface area contributed by atoms with Gasteiger partial charge in [0, 0.05) is 26.1 Å². The van der Waals surface area contributed by atoms with Gasteiger partial charge in [-0.3, -0.25) is 4.79 Å². The molecular weight excluding hydrogens is 346 g/mol. The summed E-state index contributed by atoms with van der Waals surface area (Å²) in [5, 5.41) is 3.75. The smallest absolute Gasteiger partial charge is 0.252 e. The van der Waals surface area contributed by atoms with Crippen LogP contribution in [0.3, 0.4) is 0 Å². The highest BCUT2D eigenvalue weighted by Gasteiger charge is 2.54. The molecule has 1 aromatic heterocycles. The first-order chi connectivity index (χ1) is 11.8. The molecule has 0 aromatic carbocycles. The molecule has 3 atom stereocenters. The fourth-order valence-electron chi connectivity index (χ4n) is 3.92. The molecule has 25 heavy (non-hydrogen) atoms. The molecule has 3 aliphatic rings. The molecule has 1 aliphatic carbocycles. The van der Waals surface area contributed by atoms with E-state index in [0.717, 1.165) is 12.8 Å². The van der Waals surface area contributed by atoms with Crippen LogP contribution in [0.25, 0.3) is 0 Å². The van der Waals surface area contributed by atoms with Crippen LogP contribution in [0.2, 0.25) is 0 Å². The highest BCUT2D eigenvalue weighted by atomic mass is 32.2. The van der Waals surface area contributed by atoms with Crippen LogP contribution in [-0.4, -0.2) is 67.6 Å². The molecular formula is C16H23N3O5S. The van der Waals surface area contributed by atoms with Crippen LogP contribution in [0.15, 0.2) is 9.42 Å². The van der Waals surface area contributed by atoms with E-state index in [1.807, 2.05) is 0 Å². The number of ether oxygens (including phenoxy) is 1. The van der Waals surface area contributed by atoms with Gasteiger partial charge >= 0.3 is 0 Å². The largest absolute Gasteiger partial charge is 0.368 e. The van der Waals surface area contributed by atoms with Crippen molar-refractivity contribution in [2.24, 2.45) is 11.8 Å². The summed E-state index contributed by atoms with van der Waals surface area (Å²) in [4.78, 5) is 14.2. The number of carbonyl (C=O) groups is 1. The SMILES string of the molecule is Cc1noc(C)c1S(=O)(=O)N1C[C@@H]2[C@H](OCC3CC3)C(=O)N(C)[C@@H]2C1. The number of amides is 1. The maximum atomic E-state index is 13.0. The van der Waals surface area contributed by atoms with E-state index in [0.29, 0.717) is 24.0 Å². The second-order valence-electron chi connectivity index (χ2n) is 7.35. The number of nitrogens with zero attached hydrogens (tertiary/aromatic N) is 3. The summed E-state index contributed by atoms with van der Waals surface area (Å²) in [6, 6.07) is -0.146. The van der Waals surface area contributed by atoms with E-state index in [9.17, 15) is 13.2 Å². The van der Waals surface area contributed by atoms with Gasteiger partial charge in [0.15, 0.2) is 5.76 Å². The van der Waals surface area contributed by atoms with Crippen LogP contribution < -0.4 is 0 Å². The Morgan fingerprint density at radius 3 is 2.60 bits per heavy atom. The van der Waals surface area contributed by atoms with Gasteiger partial charge in [-0.25, -0.2) is 8.42 Å². The third kappa shape index (κ3) is 2.69. The van der Waals surface area contributed by atoms with Crippen LogP contribution in [-0.2, 0) is 19.6 Å². The Morgan fingerprint density at radius 1 is 1.28 bits per heavy atom. The standard InChI is InChI=1S/C16H23N3O5S/c1-9-15(10(2)24-17-9)25(21,22)19-6-12-13(7-19)18(3)16(20)14(12)23-8-11-4-5-11/h11-14H,4-8H2,1-3H3/t12-,13+,14-/m0/s1. The molecule has 9 heteroatoms. The number of sulfonamides is 1. The van der Waals surface area contributed by atoms with Crippen molar-refractivity contribution in [3.63, 3.8) is 0 Å². The number of likely N-dealkylation sites (N-methyl/N-ethyl adjacent to an activating group) is 1. The lowest BCUT2D eigenvalue weighted by molar-refractivity contribution is -0.138. The third-order valence-corrected chi connectivity index (χ3v) is 7.63. The lowest BCUT2D eigenvalue weighted by Crippen LogP contribution is -2.39. The Kier molecular flexibility index (Phi) is 3.93. The van der Waals surface area contributed by atoms with Gasteiger partial charge in [-0.05, 0) is 32.6 Å². The van der Waals surface area contributed by atoms with Crippen molar-refractivity contribution in [2.75, 3.05) is 26.7 Å². The van der Waals surface area contributed by atoms with E-state index in [1.54, 1.807) is 25.8 Å². The molecule has 0 radical (unpaired) electrons. The number of rotatable bonds is 5. The van der Waals surface area contributed by atoms with Crippen molar-refractivity contribution in [3.8, 4) is 0 Å². The molecule has 0 spiro atoms. The van der Waals surface area contributed by atoms with Crippen molar-refractivity contribution in [3.05, 3.63) is 11.5 Å². The molecule has 1 saturated carbocycles. The molecule has 3 heterocycles. The predicted octanol–water partition coefficient (Wildman–Crippen LogP) is 0.548. The zero-order valence-electron chi connectivity index (χ0n) is 14.6. The second kappa shape index (κ2) is 5.78. The van der Waals surface area contributed by atoms with Gasteiger partial charge in [-0.15, -0.1) is 0 Å². The van der Waals surface area contributed by atoms with Crippen molar-refractivity contribution >= 4 is 15.9 Å². The Morgan fingerprint density at radius 2 is 2.00 bits per heavy atom. The van der Waals surface area contributed by atoms with Gasteiger partial charge in [0.2, 0.25) is 10.0 Å². The molecule has 0 N–H and O–H groups in total. The van der Waals surface area contributed by atoms with Crippen LogP contribution in [0.5, 0.6) is 0 Å². The van der Waals surface area contributed by atoms with E-state index in [-0.39, 0.29) is 35.9 Å². The quantitative estimate of drug-likeness (QED) is 0.752. The van der Waals surface area contributed by atoms with Crippen molar-refractivity contribution < 1.29 is 22.5 Å². The van der Waals surface area contributed by atoms with Gasteiger partial charge in [-0.1, -0.05) is 5.16 Å². The van der Waals surface area contributed by atoms with Crippen molar-refractivity contribution in [1.29, 1.82) is 0 Å². The monoisotopic (exact) mass is 369 g/mol. The van der Waals surface area contributed by atoms with E-state index < -0.39 is 16.1 Å². The van der Waals surface area contributed by atoms with Crippen LogP contribution >= 0.6 is 0 Å². The molecule has 138 valence electrons. The summed E-state index contributed by atoms with van der Waals surface area (Å²) in [6.07, 6.45) is 1.76. The number of fused-ring (bicyclic) bond motifs is 1. The minimum Gasteiger partial charge on any atom is -0.368 e. The predicted molar refractivity (Wildman–Crippen MR) is 87.2 cm³/mol. The lowest BCUT2D eigenvalue weighted by atomic mass is 10.0. The number of aromatic nitrogens is 1. The lowest BCUT2D eigenvalue weighted by Gasteiger charge is -2.21. The summed E-state index contributed by atoms with van der Waals surface area (Å²) in [6.45, 7) is 4.37. The first kappa shape index (κ1) is 17.0. The van der Waals surface area contributed by atoms with Gasteiger partial charge < -0.3 is 14.2 Å². The van der Waals surface area contributed by atoms with Gasteiger partial charge in [-0.2, -0.15) is 4.31 Å². The average molecular weight is 369 g/mol. The topological polar surface area (TPSA) is 93.0 Å². The number of aryl methyl sites for hydroxylation is 2. The van der Waals surface area contributed by atoms with Gasteiger partial charge in [0.1, 0.15) is 16.7 Å². The van der Waals surface area contributed by atoms with E-state index >= 15 is 0 Å². The summed E-state index contributed by atoms with van der Waals surface area (Å²) in [5.41, 5.74) is 0.362. The zero-order chi connectivity index (χ0) is 17.9. The van der Waals surface area contributed by atoms with E-state index in [2.05, 4.69) is 5.16 Å². The number of hydrogen-bond donors (Lipinski definition) is 0. The number of likely N-dealkylation sites (tertiary alicyclic amines) is 1. The summed E-state index contributed by atoms with van der Waals surface area (Å²) in [7, 11) is -1.97. The Bertz CT molecular complexity index is 781. The molecule has 3 fully saturated rings. The fourth-order valence-corrected chi connectivity index (χ4v) is 5.70. The first-order valence-electron chi connectivity index (χ1n) is 8.62. The third-order valence-electron chi connectivity index (χ3n) is 5.55. The van der Waals surface area contributed by atoms with E-state index in [4.69, 9.17) is 9.26 Å². The number of hydrogen-bond acceptors (Lipinski definition) is 6.